The number of aromatic amines is 1. The molecule has 0 saturated carbocycles. The number of benzene rings is 3. The number of alkyl halides is 3. The highest BCUT2D eigenvalue weighted by Crippen LogP contribution is 2.40. The zero-order chi connectivity index (χ0) is 36.2. The van der Waals surface area contributed by atoms with E-state index in [1.807, 2.05) is 48.7 Å². The molecule has 274 valence electrons. The fourth-order valence-corrected chi connectivity index (χ4v) is 6.61. The molecule has 1 aliphatic heterocycles. The lowest BCUT2D eigenvalue weighted by molar-refractivity contribution is -0.904. The Labute approximate surface area is 294 Å². The second-order valence-corrected chi connectivity index (χ2v) is 12.9. The van der Waals surface area contributed by atoms with Crippen LogP contribution in [0.1, 0.15) is 61.1 Å². The summed E-state index contributed by atoms with van der Waals surface area (Å²) < 4.78 is 62.4. The van der Waals surface area contributed by atoms with Crippen LogP contribution in [0.15, 0.2) is 54.6 Å². The maximum atomic E-state index is 16.0. The van der Waals surface area contributed by atoms with Crippen LogP contribution in [-0.4, -0.2) is 76.3 Å². The number of hydrogen-bond acceptors (Lipinski definition) is 5. The molecule has 0 spiro atoms. The Morgan fingerprint density at radius 3 is 2.43 bits per heavy atom. The number of carbonyl (C=O) groups excluding carboxylic acids is 1. The predicted octanol–water partition coefficient (Wildman–Crippen LogP) is 8.46. The number of quaternary nitrogens is 1. The van der Waals surface area contributed by atoms with Gasteiger partial charge in [0.05, 0.1) is 39.4 Å². The molecule has 0 unspecified atom stereocenters. The number of nitrogens with one attached hydrogen (secondary N) is 1. The number of ether oxygens (including phenoxy) is 2. The fraction of sp³-hybridized carbons (Fsp3) is 0.395. The molecule has 0 bridgehead atoms. The van der Waals surface area contributed by atoms with Crippen LogP contribution in [0.2, 0.25) is 0 Å². The van der Waals surface area contributed by atoms with Gasteiger partial charge in [0.25, 0.3) is 0 Å². The third kappa shape index (κ3) is 8.53. The summed E-state index contributed by atoms with van der Waals surface area (Å²) in [6.07, 6.45) is -1.98. The molecular formula is C38H45F4N4O5+. The van der Waals surface area contributed by atoms with Gasteiger partial charge in [0.15, 0.2) is 0 Å². The Kier molecular flexibility index (Phi) is 12.2. The van der Waals surface area contributed by atoms with Gasteiger partial charge < -0.3 is 23.6 Å². The molecule has 51 heavy (non-hydrogen) atoms. The number of carboxylic acid groups (broad SMARTS) is 1. The fourth-order valence-electron chi connectivity index (χ4n) is 6.61. The number of H-pyrrole nitrogens is 1. The molecule has 13 heteroatoms. The first-order chi connectivity index (χ1) is 23.7. The normalized spacial score (nSPS) is 14.0. The maximum Gasteiger partial charge on any atom is 0.490 e. The number of nitrogens with zero attached hydrogens (tertiary/aromatic N) is 3. The number of esters is 1. The van der Waals surface area contributed by atoms with Crippen LogP contribution in [0.4, 0.5) is 17.6 Å². The first-order valence-corrected chi connectivity index (χ1v) is 16.5. The Bertz CT molecular complexity index is 2010. The van der Waals surface area contributed by atoms with Gasteiger partial charge in [0.1, 0.15) is 29.5 Å². The second-order valence-electron chi connectivity index (χ2n) is 12.9. The third-order valence-electron chi connectivity index (χ3n) is 8.81. The van der Waals surface area contributed by atoms with Crippen molar-refractivity contribution in [3.63, 3.8) is 0 Å². The van der Waals surface area contributed by atoms with E-state index in [1.54, 1.807) is 0 Å². The molecule has 2 N–H and O–H groups in total. The molecule has 0 aliphatic carbocycles. The van der Waals surface area contributed by atoms with Gasteiger partial charge in [-0.15, -0.1) is 0 Å². The highest BCUT2D eigenvalue weighted by molar-refractivity contribution is 6.05. The van der Waals surface area contributed by atoms with Gasteiger partial charge >= 0.3 is 18.1 Å². The average Bonchev–Trinajstić information content (AvgIpc) is 3.56. The van der Waals surface area contributed by atoms with Crippen molar-refractivity contribution < 1.29 is 46.2 Å². The van der Waals surface area contributed by atoms with Crippen molar-refractivity contribution in [2.45, 2.75) is 66.2 Å². The van der Waals surface area contributed by atoms with Crippen molar-refractivity contribution in [2.75, 3.05) is 33.9 Å². The summed E-state index contributed by atoms with van der Waals surface area (Å²) >= 11 is 0. The summed E-state index contributed by atoms with van der Waals surface area (Å²) in [7, 11) is 4.37. The molecule has 0 radical (unpaired) electrons. The van der Waals surface area contributed by atoms with Gasteiger partial charge in [-0.2, -0.15) is 18.3 Å². The van der Waals surface area contributed by atoms with Gasteiger partial charge in [0.2, 0.25) is 0 Å². The van der Waals surface area contributed by atoms with Crippen molar-refractivity contribution in [1.82, 2.24) is 14.8 Å². The Morgan fingerprint density at radius 2 is 1.73 bits per heavy atom. The molecule has 0 atom stereocenters. The van der Waals surface area contributed by atoms with Crippen LogP contribution in [0.5, 0.6) is 5.75 Å². The smallest absolute Gasteiger partial charge is 0.490 e. The molecule has 6 rings (SSSR count). The molecule has 2 aromatic heterocycles. The topological polar surface area (TPSA) is 106 Å². The Morgan fingerprint density at radius 1 is 1.02 bits per heavy atom. The maximum absolute atomic E-state index is 16.0. The summed E-state index contributed by atoms with van der Waals surface area (Å²) in [6, 6.07) is 17.6. The van der Waals surface area contributed by atoms with Crippen molar-refractivity contribution in [3.8, 4) is 16.9 Å². The number of carboxylic acids is 1. The molecule has 0 amide bonds. The minimum atomic E-state index is -5.08. The minimum absolute atomic E-state index is 0. The van der Waals surface area contributed by atoms with Crippen molar-refractivity contribution >= 4 is 33.6 Å². The summed E-state index contributed by atoms with van der Waals surface area (Å²) in [6.45, 7) is 6.73. The van der Waals surface area contributed by atoms with E-state index in [1.165, 1.54) is 6.07 Å². The molecular weight excluding hydrogens is 668 g/mol. The number of rotatable bonds is 7. The van der Waals surface area contributed by atoms with Crippen LogP contribution in [0.3, 0.4) is 0 Å². The number of halogens is 4. The van der Waals surface area contributed by atoms with Gasteiger partial charge in [-0.25, -0.2) is 14.0 Å². The first-order valence-electron chi connectivity index (χ1n) is 16.5. The number of fused-ring (bicyclic) bond motifs is 3. The van der Waals surface area contributed by atoms with Crippen LogP contribution in [0.25, 0.3) is 32.8 Å². The van der Waals surface area contributed by atoms with Crippen LogP contribution >= 0.6 is 0 Å². The minimum Gasteiger partial charge on any atom is -0.493 e. The second kappa shape index (κ2) is 16.0. The lowest BCUT2D eigenvalue weighted by atomic mass is 9.97. The number of carbonyl (C=O) groups is 2. The van der Waals surface area contributed by atoms with E-state index in [2.05, 4.69) is 42.5 Å². The number of aliphatic carboxylic acids is 1. The largest absolute Gasteiger partial charge is 0.493 e. The summed E-state index contributed by atoms with van der Waals surface area (Å²) in [5, 5.41) is 18.0. The van der Waals surface area contributed by atoms with E-state index in [4.69, 9.17) is 19.4 Å². The third-order valence-corrected chi connectivity index (χ3v) is 8.81. The molecule has 5 aromatic rings. The number of aromatic nitrogens is 3. The Balaban J connectivity index is 0.000000663. The predicted molar refractivity (Wildman–Crippen MR) is 188 cm³/mol. The van der Waals surface area contributed by atoms with E-state index >= 15 is 4.39 Å². The van der Waals surface area contributed by atoms with E-state index in [0.717, 1.165) is 73.8 Å². The van der Waals surface area contributed by atoms with Gasteiger partial charge in [-0.3, -0.25) is 5.10 Å². The summed E-state index contributed by atoms with van der Waals surface area (Å²) in [5.41, 5.74) is 5.09. The molecule has 3 aromatic carbocycles. The molecule has 1 aliphatic rings. The van der Waals surface area contributed by atoms with E-state index in [9.17, 15) is 18.0 Å². The molecule has 0 fully saturated rings. The van der Waals surface area contributed by atoms with Crippen LogP contribution in [0, 0.1) is 12.7 Å². The van der Waals surface area contributed by atoms with Gasteiger partial charge in [-0.1, -0.05) is 43.8 Å². The van der Waals surface area contributed by atoms with Gasteiger partial charge in [0, 0.05) is 34.1 Å². The lowest BCUT2D eigenvalue weighted by Crippen LogP contribution is -2.39. The van der Waals surface area contributed by atoms with E-state index in [-0.39, 0.29) is 25.8 Å². The Hall–Kier alpha value is -4.91. The summed E-state index contributed by atoms with van der Waals surface area (Å²) in [4.78, 5) is 22.5. The van der Waals surface area contributed by atoms with Crippen molar-refractivity contribution in [1.29, 1.82) is 0 Å². The lowest BCUT2D eigenvalue weighted by Gasteiger charge is -2.29. The average molecular weight is 714 g/mol. The standard InChI is InChI=1S/C35H40FN4O3.C2HF3O2.CH4/c1-5-42-35(41)34-26(15-11-21-43-30-16-10-13-24-12-6-7-14-25(24)30)27-17-18-28(36)32-31-23(2)37-38-29(31)22-40(3,4)20-9-8-19-39(34)33(27)32;3-2(4,5)1(6)7;/h6-7,10,12-14,16-18H,5,8-9,11,15,19-22H2,1-4H3,(H,37,38);(H,6,7);1H4/q+1;;. The summed E-state index contributed by atoms with van der Waals surface area (Å²) in [5.74, 6) is -2.60. The van der Waals surface area contributed by atoms with E-state index < -0.39 is 12.1 Å². The van der Waals surface area contributed by atoms with Crippen molar-refractivity contribution in [3.05, 3.63) is 83.1 Å². The zero-order valence-corrected chi connectivity index (χ0v) is 28.5. The first kappa shape index (κ1) is 38.9. The zero-order valence-electron chi connectivity index (χ0n) is 28.5. The monoisotopic (exact) mass is 713 g/mol. The molecule has 9 nitrogen and oxygen atoms in total. The van der Waals surface area contributed by atoms with Crippen LogP contribution in [-0.2, 0) is 29.0 Å². The van der Waals surface area contributed by atoms with Gasteiger partial charge in [-0.05, 0) is 68.7 Å². The quantitative estimate of drug-likeness (QED) is 0.0759. The molecule has 3 heterocycles. The SMILES string of the molecule is C.CCOC(=O)c1c(CCCOc2cccc3ccccc23)c2ccc(F)c3c2n1CCCC[N+](C)(C)Cc1n[nH]c(C)c1-3.O=C(O)C(F)(F)F. The molecule has 0 saturated heterocycles. The number of aryl methyl sites for hydroxylation is 3. The van der Waals surface area contributed by atoms with Crippen LogP contribution < -0.4 is 4.74 Å². The highest BCUT2D eigenvalue weighted by Gasteiger charge is 2.38. The van der Waals surface area contributed by atoms with Crippen molar-refractivity contribution in [2.24, 2.45) is 0 Å². The van der Waals surface area contributed by atoms with E-state index in [0.29, 0.717) is 43.8 Å². The highest BCUT2D eigenvalue weighted by atomic mass is 19.4. The number of hydrogen-bond donors (Lipinski definition) is 2.